The second-order valence-electron chi connectivity index (χ2n) is 6.85. The zero-order valence-corrected chi connectivity index (χ0v) is 16.3. The summed E-state index contributed by atoms with van der Waals surface area (Å²) in [6.45, 7) is 4.88. The van der Waals surface area contributed by atoms with Gasteiger partial charge in [-0.1, -0.05) is 6.58 Å². The predicted octanol–water partition coefficient (Wildman–Crippen LogP) is 2.08. The monoisotopic (exact) mass is 396 g/mol. The van der Waals surface area contributed by atoms with E-state index in [1.807, 2.05) is 13.2 Å². The van der Waals surface area contributed by atoms with Gasteiger partial charge < -0.3 is 10.6 Å². The number of carbonyl (C=O) groups excluding carboxylic acids is 2. The number of fused-ring (bicyclic) bond motifs is 1. The van der Waals surface area contributed by atoms with E-state index in [0.717, 1.165) is 41.0 Å². The average molecular weight is 396 g/mol. The van der Waals surface area contributed by atoms with Gasteiger partial charge in [0, 0.05) is 49.6 Å². The van der Waals surface area contributed by atoms with E-state index in [-0.39, 0.29) is 17.5 Å². The van der Waals surface area contributed by atoms with Gasteiger partial charge in [-0.3, -0.25) is 14.3 Å². The van der Waals surface area contributed by atoms with E-state index in [9.17, 15) is 9.59 Å². The minimum absolute atomic E-state index is 0.0722. The van der Waals surface area contributed by atoms with Crippen LogP contribution in [0, 0.1) is 0 Å². The van der Waals surface area contributed by atoms with Crippen molar-refractivity contribution in [1.82, 2.24) is 24.6 Å². The number of carbonyl (C=O) groups is 2. The Morgan fingerprint density at radius 1 is 1.39 bits per heavy atom. The number of pyridine rings is 1. The smallest absolute Gasteiger partial charge is 0.268 e. The standard InChI is InChI=1S/C19H20N6O2S/c1-3-14(26)25-6-4-5-11(10-25)13-8-21-16(18(20)27)17-15(13)23-19(28-17)12-7-22-24(2)9-12/h3,7-9,11H,1,4-6,10H2,2H3,(H2,20,27). The summed E-state index contributed by atoms with van der Waals surface area (Å²) in [5.74, 6) is -0.555. The summed E-state index contributed by atoms with van der Waals surface area (Å²) < 4.78 is 2.38. The fourth-order valence-electron chi connectivity index (χ4n) is 3.62. The van der Waals surface area contributed by atoms with E-state index in [4.69, 9.17) is 10.7 Å². The van der Waals surface area contributed by atoms with Crippen LogP contribution in [0.1, 0.15) is 34.8 Å². The van der Waals surface area contributed by atoms with Crippen molar-refractivity contribution in [1.29, 1.82) is 0 Å². The third kappa shape index (κ3) is 3.18. The molecule has 3 aromatic heterocycles. The number of aryl methyl sites for hydroxylation is 1. The summed E-state index contributed by atoms with van der Waals surface area (Å²) >= 11 is 1.38. The minimum Gasteiger partial charge on any atom is -0.364 e. The molecule has 144 valence electrons. The van der Waals surface area contributed by atoms with Crippen LogP contribution in [-0.2, 0) is 11.8 Å². The number of thiazole rings is 1. The van der Waals surface area contributed by atoms with Gasteiger partial charge in [-0.15, -0.1) is 11.3 Å². The van der Waals surface area contributed by atoms with E-state index in [1.165, 1.54) is 17.4 Å². The van der Waals surface area contributed by atoms with Crippen LogP contribution in [0.25, 0.3) is 20.8 Å². The maximum Gasteiger partial charge on any atom is 0.268 e. The van der Waals surface area contributed by atoms with Crippen LogP contribution in [0.5, 0.6) is 0 Å². The molecule has 0 saturated carbocycles. The van der Waals surface area contributed by atoms with Gasteiger partial charge in [0.2, 0.25) is 5.91 Å². The third-order valence-corrected chi connectivity index (χ3v) is 6.09. The fraction of sp³-hybridized carbons (Fsp3) is 0.316. The Labute approximate surface area is 165 Å². The quantitative estimate of drug-likeness (QED) is 0.680. The van der Waals surface area contributed by atoms with Crippen molar-refractivity contribution in [3.8, 4) is 10.6 Å². The first-order valence-electron chi connectivity index (χ1n) is 8.97. The van der Waals surface area contributed by atoms with Gasteiger partial charge in [0.15, 0.2) is 0 Å². The van der Waals surface area contributed by atoms with Crippen LogP contribution in [-0.4, -0.2) is 49.6 Å². The van der Waals surface area contributed by atoms with Gasteiger partial charge in [0.1, 0.15) is 10.7 Å². The van der Waals surface area contributed by atoms with Crippen LogP contribution in [0.15, 0.2) is 31.2 Å². The Morgan fingerprint density at radius 2 is 2.21 bits per heavy atom. The van der Waals surface area contributed by atoms with Crippen molar-refractivity contribution in [3.05, 3.63) is 42.5 Å². The summed E-state index contributed by atoms with van der Waals surface area (Å²) in [7, 11) is 1.84. The van der Waals surface area contributed by atoms with Crippen molar-refractivity contribution in [2.24, 2.45) is 12.8 Å². The molecule has 3 aromatic rings. The highest BCUT2D eigenvalue weighted by atomic mass is 32.1. The number of aromatic nitrogens is 4. The van der Waals surface area contributed by atoms with Crippen molar-refractivity contribution >= 4 is 33.4 Å². The fourth-order valence-corrected chi connectivity index (χ4v) is 4.68. The molecule has 2 N–H and O–H groups in total. The second kappa shape index (κ2) is 7.16. The van der Waals surface area contributed by atoms with Crippen LogP contribution in [0.4, 0.5) is 0 Å². The van der Waals surface area contributed by atoms with Gasteiger partial charge in [0.25, 0.3) is 5.91 Å². The zero-order valence-electron chi connectivity index (χ0n) is 15.5. The Balaban J connectivity index is 1.81. The summed E-state index contributed by atoms with van der Waals surface area (Å²) in [6, 6.07) is 0. The number of nitrogens with two attached hydrogens (primary N) is 1. The van der Waals surface area contributed by atoms with E-state index in [0.29, 0.717) is 11.2 Å². The lowest BCUT2D eigenvalue weighted by molar-refractivity contribution is -0.127. The Kier molecular flexibility index (Phi) is 4.68. The molecule has 1 saturated heterocycles. The molecular weight excluding hydrogens is 376 g/mol. The van der Waals surface area contributed by atoms with Gasteiger partial charge in [0.05, 0.1) is 16.4 Å². The molecule has 0 bridgehead atoms. The lowest BCUT2D eigenvalue weighted by atomic mass is 9.90. The molecular formula is C19H20N6O2S. The summed E-state index contributed by atoms with van der Waals surface area (Å²) in [5, 5.41) is 4.95. The average Bonchev–Trinajstić information content (AvgIpc) is 3.32. The lowest BCUT2D eigenvalue weighted by Gasteiger charge is -2.32. The highest BCUT2D eigenvalue weighted by molar-refractivity contribution is 7.22. The zero-order chi connectivity index (χ0) is 19.8. The van der Waals surface area contributed by atoms with Crippen LogP contribution >= 0.6 is 11.3 Å². The lowest BCUT2D eigenvalue weighted by Crippen LogP contribution is -2.38. The second-order valence-corrected chi connectivity index (χ2v) is 7.85. The number of hydrogen-bond donors (Lipinski definition) is 1. The molecule has 0 aromatic carbocycles. The van der Waals surface area contributed by atoms with E-state index in [1.54, 1.807) is 22.0 Å². The number of amides is 2. The summed E-state index contributed by atoms with van der Waals surface area (Å²) in [6.07, 6.45) is 8.45. The highest BCUT2D eigenvalue weighted by Crippen LogP contribution is 2.37. The molecule has 2 amide bonds. The predicted molar refractivity (Wildman–Crippen MR) is 107 cm³/mol. The molecule has 28 heavy (non-hydrogen) atoms. The number of nitrogens with zero attached hydrogens (tertiary/aromatic N) is 5. The molecule has 1 aliphatic heterocycles. The van der Waals surface area contributed by atoms with E-state index >= 15 is 0 Å². The maximum absolute atomic E-state index is 12.1. The molecule has 4 rings (SSSR count). The van der Waals surface area contributed by atoms with Crippen LogP contribution in [0.2, 0.25) is 0 Å². The first-order valence-corrected chi connectivity index (χ1v) is 9.79. The molecule has 0 aliphatic carbocycles. The van der Waals surface area contributed by atoms with E-state index in [2.05, 4.69) is 16.7 Å². The topological polar surface area (TPSA) is 107 Å². The van der Waals surface area contributed by atoms with Gasteiger partial charge in [-0.2, -0.15) is 5.10 Å². The third-order valence-electron chi connectivity index (χ3n) is 4.98. The number of piperidine rings is 1. The van der Waals surface area contributed by atoms with Crippen molar-refractivity contribution < 1.29 is 9.59 Å². The van der Waals surface area contributed by atoms with Crippen molar-refractivity contribution in [2.45, 2.75) is 18.8 Å². The number of primary amides is 1. The molecule has 1 atom stereocenters. The molecule has 1 unspecified atom stereocenters. The first-order chi connectivity index (χ1) is 13.5. The minimum atomic E-state index is -0.579. The molecule has 0 radical (unpaired) electrons. The molecule has 1 aliphatic rings. The molecule has 0 spiro atoms. The Morgan fingerprint density at radius 3 is 2.89 bits per heavy atom. The maximum atomic E-state index is 12.1. The SMILES string of the molecule is C=CC(=O)N1CCCC(c2cnc(C(N)=O)c3sc(-c4cnn(C)c4)nc23)C1. The number of likely N-dealkylation sites (tertiary alicyclic amines) is 1. The van der Waals surface area contributed by atoms with Crippen molar-refractivity contribution in [3.63, 3.8) is 0 Å². The first kappa shape index (κ1) is 18.3. The molecule has 4 heterocycles. The van der Waals surface area contributed by atoms with Gasteiger partial charge in [-0.05, 0) is 18.9 Å². The highest BCUT2D eigenvalue weighted by Gasteiger charge is 2.28. The van der Waals surface area contributed by atoms with Gasteiger partial charge >= 0.3 is 0 Å². The molecule has 1 fully saturated rings. The van der Waals surface area contributed by atoms with Crippen LogP contribution < -0.4 is 5.73 Å². The molecule has 9 heteroatoms. The van der Waals surface area contributed by atoms with Crippen molar-refractivity contribution in [2.75, 3.05) is 13.1 Å². The number of hydrogen-bond acceptors (Lipinski definition) is 6. The Hall–Kier alpha value is -3.07. The van der Waals surface area contributed by atoms with Gasteiger partial charge in [-0.25, -0.2) is 9.97 Å². The summed E-state index contributed by atoms with van der Waals surface area (Å²) in [5.41, 5.74) is 8.30. The largest absolute Gasteiger partial charge is 0.364 e. The normalized spacial score (nSPS) is 17.0. The van der Waals surface area contributed by atoms with E-state index < -0.39 is 5.91 Å². The molecule has 8 nitrogen and oxygen atoms in total. The summed E-state index contributed by atoms with van der Waals surface area (Å²) in [4.78, 5) is 34.9. The van der Waals surface area contributed by atoms with Crippen LogP contribution in [0.3, 0.4) is 0 Å². The number of rotatable bonds is 4. The Bertz CT molecular complexity index is 1090.